The van der Waals surface area contributed by atoms with Gasteiger partial charge in [0.05, 0.1) is 27.8 Å². The minimum atomic E-state index is -2.85. The molecule has 0 radical (unpaired) electrons. The van der Waals surface area contributed by atoms with Gasteiger partial charge in [0, 0.05) is 33.2 Å². The molecule has 11 aromatic rings. The summed E-state index contributed by atoms with van der Waals surface area (Å²) in [4.78, 5) is 11.3. The van der Waals surface area contributed by atoms with Crippen LogP contribution in [0.15, 0.2) is 212 Å². The first-order valence-corrected chi connectivity index (χ1v) is 24.4. The van der Waals surface area contributed by atoms with Gasteiger partial charge >= 0.3 is 0 Å². The van der Waals surface area contributed by atoms with E-state index in [1.54, 1.807) is 0 Å². The maximum atomic E-state index is 5.68. The summed E-state index contributed by atoms with van der Waals surface area (Å²) in [5.74, 6) is 2.03. The van der Waals surface area contributed by atoms with Gasteiger partial charge in [-0.2, -0.15) is 4.98 Å². The summed E-state index contributed by atoms with van der Waals surface area (Å²) >= 11 is 0. The van der Waals surface area contributed by atoms with Crippen molar-refractivity contribution in [2.24, 2.45) is 0 Å². The number of hydrogen-bond acceptors (Lipinski definition) is 2. The van der Waals surface area contributed by atoms with Crippen LogP contribution in [0.25, 0.3) is 66.6 Å². The molecule has 1 aliphatic rings. The van der Waals surface area contributed by atoms with E-state index < -0.39 is 8.07 Å². The first kappa shape index (κ1) is 37.4. The molecular weight excluding hydrogens is 781 g/mol. The number of nitrogens with zero attached hydrogens (tertiary/aromatic N) is 4. The first-order chi connectivity index (χ1) is 31.3. The molecule has 63 heavy (non-hydrogen) atoms. The summed E-state index contributed by atoms with van der Waals surface area (Å²) in [7, 11) is -2.85. The Balaban J connectivity index is 1.18. The van der Waals surface area contributed by atoms with E-state index in [-0.39, 0.29) is 0 Å². The molecule has 1 aliphatic carbocycles. The zero-order valence-corrected chi connectivity index (χ0v) is 36.1. The van der Waals surface area contributed by atoms with Gasteiger partial charge in [-0.25, -0.2) is 4.98 Å². The molecule has 0 saturated heterocycles. The van der Waals surface area contributed by atoms with Crippen molar-refractivity contribution >= 4 is 72.4 Å². The fourth-order valence-electron chi connectivity index (χ4n) is 10.9. The maximum Gasteiger partial charge on any atom is 0.237 e. The lowest BCUT2D eigenvalue weighted by Crippen LogP contribution is -2.74. The molecule has 1 fully saturated rings. The van der Waals surface area contributed by atoms with Crippen LogP contribution in [0.3, 0.4) is 0 Å². The molecule has 3 aromatic heterocycles. The number of para-hydroxylation sites is 3. The van der Waals surface area contributed by atoms with Crippen molar-refractivity contribution in [3.8, 4) is 23.0 Å². The number of rotatable bonds is 8. The molecule has 8 aromatic carbocycles. The Morgan fingerprint density at radius 2 is 0.857 bits per heavy atom. The number of benzene rings is 8. The fraction of sp³-hybridized carbons (Fsp3) is 0.103. The highest BCUT2D eigenvalue weighted by Crippen LogP contribution is 2.40. The molecule has 3 heterocycles. The average Bonchev–Trinajstić information content (AvgIpc) is 3.88. The lowest BCUT2D eigenvalue weighted by atomic mass is 9.81. The van der Waals surface area contributed by atoms with E-state index in [1.165, 1.54) is 85.5 Å². The Morgan fingerprint density at radius 1 is 0.381 bits per heavy atom. The van der Waals surface area contributed by atoms with Gasteiger partial charge in [0.1, 0.15) is 5.82 Å². The largest absolute Gasteiger partial charge is 0.294 e. The third-order valence-electron chi connectivity index (χ3n) is 13.7. The Bertz CT molecular complexity index is 3290. The van der Waals surface area contributed by atoms with Crippen molar-refractivity contribution in [3.63, 3.8) is 0 Å². The van der Waals surface area contributed by atoms with Crippen LogP contribution in [-0.4, -0.2) is 27.2 Å². The van der Waals surface area contributed by atoms with Crippen LogP contribution in [-0.2, 0) is 0 Å². The Morgan fingerprint density at radius 3 is 1.43 bits per heavy atom. The predicted molar refractivity (Wildman–Crippen MR) is 266 cm³/mol. The van der Waals surface area contributed by atoms with E-state index in [1.807, 2.05) is 0 Å². The van der Waals surface area contributed by atoms with Gasteiger partial charge in [0.25, 0.3) is 0 Å². The van der Waals surface area contributed by atoms with Crippen molar-refractivity contribution in [2.45, 2.75) is 38.0 Å². The number of hydrogen-bond donors (Lipinski definition) is 0. The van der Waals surface area contributed by atoms with Crippen molar-refractivity contribution < 1.29 is 0 Å². The van der Waals surface area contributed by atoms with Crippen molar-refractivity contribution in [1.29, 1.82) is 0 Å². The highest BCUT2D eigenvalue weighted by molar-refractivity contribution is 7.20. The summed E-state index contributed by atoms with van der Waals surface area (Å²) in [5, 5.41) is 10.2. The van der Waals surface area contributed by atoms with Crippen LogP contribution in [0.5, 0.6) is 0 Å². The third kappa shape index (κ3) is 6.10. The highest BCUT2D eigenvalue weighted by atomic mass is 28.3. The summed E-state index contributed by atoms with van der Waals surface area (Å²) in [6.07, 6.45) is 6.27. The first-order valence-electron chi connectivity index (χ1n) is 22.4. The lowest BCUT2D eigenvalue weighted by Gasteiger charge is -2.34. The second-order valence-electron chi connectivity index (χ2n) is 17.1. The minimum absolute atomic E-state index is 0.507. The normalized spacial score (nSPS) is 13.7. The molecule has 0 bridgehead atoms. The zero-order chi connectivity index (χ0) is 41.7. The van der Waals surface area contributed by atoms with E-state index in [4.69, 9.17) is 9.97 Å². The van der Waals surface area contributed by atoms with Gasteiger partial charge in [-0.3, -0.25) is 9.13 Å². The standard InChI is InChI=1S/C58H46N4Si/c1-5-21-41(22-6-1)46-29-13-14-30-47(46)52-40-57(60-58(59-52)62-54-35-19-16-31-48(54)49-32-17-20-36-55(49)62)61-53-34-18-15-33-50(53)51-38-37-45(39-56(51)61)63(42-23-7-2-8-24-42,43-25-9-3-10-26-43)44-27-11-4-12-28-44/h2-4,7-20,23-41H,1,5-6,21-22H2. The summed E-state index contributed by atoms with van der Waals surface area (Å²) in [5.41, 5.74) is 7.97. The van der Waals surface area contributed by atoms with E-state index in [0.29, 0.717) is 11.9 Å². The summed E-state index contributed by atoms with van der Waals surface area (Å²) in [6.45, 7) is 0. The van der Waals surface area contributed by atoms with Gasteiger partial charge in [-0.05, 0) is 69.3 Å². The summed E-state index contributed by atoms with van der Waals surface area (Å²) in [6, 6.07) is 78.3. The Labute approximate surface area is 368 Å². The molecule has 0 unspecified atom stereocenters. The van der Waals surface area contributed by atoms with E-state index in [9.17, 15) is 0 Å². The van der Waals surface area contributed by atoms with Gasteiger partial charge in [0.2, 0.25) is 5.95 Å². The number of fused-ring (bicyclic) bond motifs is 6. The van der Waals surface area contributed by atoms with Crippen LogP contribution >= 0.6 is 0 Å². The van der Waals surface area contributed by atoms with Crippen LogP contribution in [0.2, 0.25) is 0 Å². The molecule has 0 N–H and O–H groups in total. The second-order valence-corrected chi connectivity index (χ2v) is 20.9. The summed E-state index contributed by atoms with van der Waals surface area (Å²) < 4.78 is 4.69. The fourth-order valence-corrected chi connectivity index (χ4v) is 15.7. The molecule has 4 nitrogen and oxygen atoms in total. The lowest BCUT2D eigenvalue weighted by molar-refractivity contribution is 0.444. The van der Waals surface area contributed by atoms with Crippen molar-refractivity contribution in [3.05, 3.63) is 218 Å². The molecule has 12 rings (SSSR count). The average molecular weight is 827 g/mol. The number of aromatic nitrogens is 4. The molecule has 5 heteroatoms. The van der Waals surface area contributed by atoms with Crippen LogP contribution in [0, 0.1) is 0 Å². The Hall–Kier alpha value is -7.34. The molecular formula is C58H46N4Si. The smallest absolute Gasteiger partial charge is 0.237 e. The van der Waals surface area contributed by atoms with E-state index in [2.05, 4.69) is 221 Å². The molecule has 1 saturated carbocycles. The monoisotopic (exact) mass is 826 g/mol. The molecule has 0 aliphatic heterocycles. The quantitative estimate of drug-likeness (QED) is 0.113. The van der Waals surface area contributed by atoms with Crippen LogP contribution in [0.4, 0.5) is 0 Å². The second kappa shape index (κ2) is 15.5. The maximum absolute atomic E-state index is 5.68. The predicted octanol–water partition coefficient (Wildman–Crippen LogP) is 11.8. The molecule has 0 spiro atoms. The molecule has 302 valence electrons. The van der Waals surface area contributed by atoms with Crippen molar-refractivity contribution in [2.75, 3.05) is 0 Å². The minimum Gasteiger partial charge on any atom is -0.294 e. The van der Waals surface area contributed by atoms with Gasteiger partial charge < -0.3 is 0 Å². The Kier molecular flexibility index (Phi) is 9.23. The van der Waals surface area contributed by atoms with E-state index in [0.717, 1.165) is 33.6 Å². The van der Waals surface area contributed by atoms with E-state index >= 15 is 0 Å². The highest BCUT2D eigenvalue weighted by Gasteiger charge is 2.41. The topological polar surface area (TPSA) is 35.6 Å². The molecule has 0 atom stereocenters. The molecule has 0 amide bonds. The van der Waals surface area contributed by atoms with Gasteiger partial charge in [-0.15, -0.1) is 0 Å². The zero-order valence-electron chi connectivity index (χ0n) is 35.1. The van der Waals surface area contributed by atoms with Crippen LogP contribution < -0.4 is 20.7 Å². The van der Waals surface area contributed by atoms with Crippen molar-refractivity contribution in [1.82, 2.24) is 19.1 Å². The van der Waals surface area contributed by atoms with Gasteiger partial charge in [-0.1, -0.05) is 201 Å². The van der Waals surface area contributed by atoms with Crippen LogP contribution in [0.1, 0.15) is 43.6 Å². The third-order valence-corrected chi connectivity index (χ3v) is 18.5. The SMILES string of the molecule is c1ccc([Si](c2ccccc2)(c2ccccc2)c2ccc3c4ccccc4n(-c4cc(-c5ccccc5C5CCCCC5)nc(-n5c6ccccc6c6ccccc65)n4)c3c2)cc1. The van der Waals surface area contributed by atoms with Gasteiger partial charge in [0.15, 0.2) is 8.07 Å².